The molecule has 0 aliphatic rings. The Balaban J connectivity index is 2.61. The number of benzene rings is 1. The van der Waals surface area contributed by atoms with Crippen LogP contribution >= 0.6 is 11.6 Å². The van der Waals surface area contributed by atoms with Gasteiger partial charge in [0, 0.05) is 17.6 Å². The zero-order valence-corrected chi connectivity index (χ0v) is 11.5. The summed E-state index contributed by atoms with van der Waals surface area (Å²) in [7, 11) is 1.25. The van der Waals surface area contributed by atoms with E-state index in [-0.39, 0.29) is 12.6 Å². The fourth-order valence-corrected chi connectivity index (χ4v) is 1.74. The van der Waals surface area contributed by atoms with E-state index < -0.39 is 11.6 Å². The number of hydrogen-bond donors (Lipinski definition) is 2. The Morgan fingerprint density at radius 2 is 2.28 bits per heavy atom. The third-order valence-corrected chi connectivity index (χ3v) is 2.96. The van der Waals surface area contributed by atoms with Gasteiger partial charge in [0.05, 0.1) is 7.11 Å². The first-order chi connectivity index (χ1) is 8.36. The van der Waals surface area contributed by atoms with Crippen molar-refractivity contribution in [2.45, 2.75) is 25.5 Å². The minimum atomic E-state index is -1.54. The Labute approximate surface area is 112 Å². The van der Waals surface area contributed by atoms with Gasteiger partial charge in [0.1, 0.15) is 0 Å². The van der Waals surface area contributed by atoms with Crippen molar-refractivity contribution in [3.05, 3.63) is 34.9 Å². The first kappa shape index (κ1) is 15.0. The molecular weight excluding hydrogens is 254 g/mol. The van der Waals surface area contributed by atoms with Crippen molar-refractivity contribution in [2.75, 3.05) is 13.7 Å². The molecule has 0 bridgehead atoms. The van der Waals surface area contributed by atoms with E-state index in [1.807, 2.05) is 25.1 Å². The van der Waals surface area contributed by atoms with E-state index in [2.05, 4.69) is 10.1 Å². The van der Waals surface area contributed by atoms with E-state index in [9.17, 15) is 9.90 Å². The zero-order chi connectivity index (χ0) is 13.8. The molecule has 18 heavy (non-hydrogen) atoms. The summed E-state index contributed by atoms with van der Waals surface area (Å²) in [5, 5.41) is 13.6. The standard InChI is InChI=1S/C13H18ClNO3/c1-9(10-5-4-6-11(14)7-10)15-8-13(2,17)12(16)18-3/h4-7,9,15,17H,8H2,1-3H3/t9-,13?/m0/s1. The van der Waals surface area contributed by atoms with Gasteiger partial charge in [-0.05, 0) is 31.5 Å². The molecule has 0 aliphatic heterocycles. The molecule has 0 heterocycles. The van der Waals surface area contributed by atoms with Gasteiger partial charge in [-0.25, -0.2) is 4.79 Å². The molecular formula is C13H18ClNO3. The molecule has 0 aliphatic carbocycles. The van der Waals surface area contributed by atoms with Gasteiger partial charge in [-0.3, -0.25) is 0 Å². The van der Waals surface area contributed by atoms with E-state index in [1.54, 1.807) is 6.07 Å². The molecule has 1 aromatic rings. The predicted molar refractivity (Wildman–Crippen MR) is 70.5 cm³/mol. The van der Waals surface area contributed by atoms with Crippen molar-refractivity contribution in [2.24, 2.45) is 0 Å². The lowest BCUT2D eigenvalue weighted by Gasteiger charge is -2.23. The molecule has 0 saturated heterocycles. The van der Waals surface area contributed by atoms with Gasteiger partial charge in [-0.1, -0.05) is 23.7 Å². The van der Waals surface area contributed by atoms with Crippen LogP contribution in [0.1, 0.15) is 25.5 Å². The lowest BCUT2D eigenvalue weighted by atomic mass is 10.0. The normalized spacial score (nSPS) is 15.8. The largest absolute Gasteiger partial charge is 0.467 e. The van der Waals surface area contributed by atoms with Crippen LogP contribution in [0.15, 0.2) is 24.3 Å². The topological polar surface area (TPSA) is 58.6 Å². The summed E-state index contributed by atoms with van der Waals surface area (Å²) < 4.78 is 4.52. The third-order valence-electron chi connectivity index (χ3n) is 2.73. The molecule has 1 rings (SSSR count). The summed E-state index contributed by atoms with van der Waals surface area (Å²) in [5.41, 5.74) is -0.551. The van der Waals surface area contributed by atoms with E-state index in [1.165, 1.54) is 14.0 Å². The van der Waals surface area contributed by atoms with Crippen LogP contribution in [-0.4, -0.2) is 30.3 Å². The minimum absolute atomic E-state index is 0.0279. The second-order valence-corrected chi connectivity index (χ2v) is 4.86. The number of aliphatic hydroxyl groups is 1. The summed E-state index contributed by atoms with van der Waals surface area (Å²) >= 11 is 5.90. The number of carbonyl (C=O) groups is 1. The van der Waals surface area contributed by atoms with Crippen LogP contribution in [-0.2, 0) is 9.53 Å². The van der Waals surface area contributed by atoms with E-state index in [4.69, 9.17) is 11.6 Å². The molecule has 0 radical (unpaired) electrons. The van der Waals surface area contributed by atoms with Crippen LogP contribution in [0.4, 0.5) is 0 Å². The Hall–Kier alpha value is -1.10. The van der Waals surface area contributed by atoms with Crippen molar-refractivity contribution in [1.82, 2.24) is 5.32 Å². The Kier molecular flexibility index (Phi) is 5.14. The van der Waals surface area contributed by atoms with Crippen LogP contribution in [0.3, 0.4) is 0 Å². The number of methoxy groups -OCH3 is 1. The maximum Gasteiger partial charge on any atom is 0.338 e. The molecule has 2 atom stereocenters. The first-order valence-electron chi connectivity index (χ1n) is 5.66. The maximum absolute atomic E-state index is 11.3. The third kappa shape index (κ3) is 3.98. The van der Waals surface area contributed by atoms with Crippen LogP contribution < -0.4 is 5.32 Å². The average molecular weight is 272 g/mol. The van der Waals surface area contributed by atoms with E-state index in [0.717, 1.165) is 5.56 Å². The number of rotatable bonds is 5. The van der Waals surface area contributed by atoms with Crippen molar-refractivity contribution in [3.8, 4) is 0 Å². The van der Waals surface area contributed by atoms with Crippen LogP contribution in [0, 0.1) is 0 Å². The number of halogens is 1. The molecule has 100 valence electrons. The number of nitrogens with one attached hydrogen (secondary N) is 1. The highest BCUT2D eigenvalue weighted by molar-refractivity contribution is 6.30. The van der Waals surface area contributed by atoms with E-state index >= 15 is 0 Å². The van der Waals surface area contributed by atoms with Crippen LogP contribution in [0.2, 0.25) is 5.02 Å². The molecule has 4 nitrogen and oxygen atoms in total. The van der Waals surface area contributed by atoms with E-state index in [0.29, 0.717) is 5.02 Å². The summed E-state index contributed by atoms with van der Waals surface area (Å²) in [6.07, 6.45) is 0. The molecule has 2 N–H and O–H groups in total. The quantitative estimate of drug-likeness (QED) is 0.804. The Morgan fingerprint density at radius 3 is 2.83 bits per heavy atom. The number of esters is 1. The van der Waals surface area contributed by atoms with Gasteiger partial charge in [0.15, 0.2) is 5.60 Å². The minimum Gasteiger partial charge on any atom is -0.467 e. The molecule has 0 saturated carbocycles. The maximum atomic E-state index is 11.3. The highest BCUT2D eigenvalue weighted by Gasteiger charge is 2.31. The molecule has 0 amide bonds. The fourth-order valence-electron chi connectivity index (χ4n) is 1.54. The summed E-state index contributed by atoms with van der Waals surface area (Å²) in [6.45, 7) is 3.45. The molecule has 0 fully saturated rings. The van der Waals surface area contributed by atoms with Crippen LogP contribution in [0.5, 0.6) is 0 Å². The van der Waals surface area contributed by atoms with Crippen molar-refractivity contribution >= 4 is 17.6 Å². The SMILES string of the molecule is COC(=O)C(C)(O)CN[C@@H](C)c1cccc(Cl)c1. The lowest BCUT2D eigenvalue weighted by molar-refractivity contribution is -0.160. The predicted octanol–water partition coefficient (Wildman–Crippen LogP) is 1.91. The second kappa shape index (κ2) is 6.18. The second-order valence-electron chi connectivity index (χ2n) is 4.42. The van der Waals surface area contributed by atoms with Crippen molar-refractivity contribution in [3.63, 3.8) is 0 Å². The molecule has 0 aromatic heterocycles. The number of ether oxygens (including phenoxy) is 1. The molecule has 1 aromatic carbocycles. The smallest absolute Gasteiger partial charge is 0.338 e. The fraction of sp³-hybridized carbons (Fsp3) is 0.462. The molecule has 0 spiro atoms. The van der Waals surface area contributed by atoms with Gasteiger partial charge in [0.2, 0.25) is 0 Å². The lowest BCUT2D eigenvalue weighted by Crippen LogP contribution is -2.46. The van der Waals surface area contributed by atoms with Gasteiger partial charge in [-0.15, -0.1) is 0 Å². The van der Waals surface area contributed by atoms with Crippen LogP contribution in [0.25, 0.3) is 0 Å². The summed E-state index contributed by atoms with van der Waals surface area (Å²) in [5.74, 6) is -0.659. The first-order valence-corrected chi connectivity index (χ1v) is 6.04. The zero-order valence-electron chi connectivity index (χ0n) is 10.7. The summed E-state index contributed by atoms with van der Waals surface area (Å²) in [6, 6.07) is 7.39. The van der Waals surface area contributed by atoms with Crippen molar-refractivity contribution in [1.29, 1.82) is 0 Å². The Morgan fingerprint density at radius 1 is 1.61 bits per heavy atom. The molecule has 5 heteroatoms. The molecule has 1 unspecified atom stereocenters. The van der Waals surface area contributed by atoms with Crippen molar-refractivity contribution < 1.29 is 14.6 Å². The van der Waals surface area contributed by atoms with Gasteiger partial charge < -0.3 is 15.2 Å². The van der Waals surface area contributed by atoms with Gasteiger partial charge >= 0.3 is 5.97 Å². The highest BCUT2D eigenvalue weighted by Crippen LogP contribution is 2.18. The van der Waals surface area contributed by atoms with Gasteiger partial charge in [0.25, 0.3) is 0 Å². The number of hydrogen-bond acceptors (Lipinski definition) is 4. The van der Waals surface area contributed by atoms with Gasteiger partial charge in [-0.2, -0.15) is 0 Å². The average Bonchev–Trinajstić information content (AvgIpc) is 2.35. The monoisotopic (exact) mass is 271 g/mol. The highest BCUT2D eigenvalue weighted by atomic mass is 35.5. The number of carbonyl (C=O) groups excluding carboxylic acids is 1. The summed E-state index contributed by atoms with van der Waals surface area (Å²) in [4.78, 5) is 11.3. The Bertz CT molecular complexity index is 420.